The fraction of sp³-hybridized carbons (Fsp3) is 0.111. The summed E-state index contributed by atoms with van der Waals surface area (Å²) in [6.07, 6.45) is 4.50. The van der Waals surface area contributed by atoms with Gasteiger partial charge in [0.15, 0.2) is 6.10 Å². The summed E-state index contributed by atoms with van der Waals surface area (Å²) in [4.78, 5) is 11.8. The molecule has 0 unspecified atom stereocenters. The van der Waals surface area contributed by atoms with Crippen LogP contribution in [0.25, 0.3) is 6.08 Å². The molecule has 23 heavy (non-hydrogen) atoms. The molecular formula is C18H17ClN2O2. The number of nitrogens with zero attached hydrogens (tertiary/aromatic N) is 1. The predicted octanol–water partition coefficient (Wildman–Crippen LogP) is 3.92. The quantitative estimate of drug-likeness (QED) is 0.645. The molecule has 0 aliphatic rings. The van der Waals surface area contributed by atoms with Gasteiger partial charge < -0.3 is 4.74 Å². The van der Waals surface area contributed by atoms with Gasteiger partial charge in [-0.15, -0.1) is 0 Å². The van der Waals surface area contributed by atoms with Crippen LogP contribution in [0.3, 0.4) is 0 Å². The molecule has 4 nitrogen and oxygen atoms in total. The van der Waals surface area contributed by atoms with E-state index in [0.29, 0.717) is 10.8 Å². The molecule has 0 fully saturated rings. The number of hydrogen-bond donors (Lipinski definition) is 1. The molecule has 2 aromatic carbocycles. The van der Waals surface area contributed by atoms with E-state index >= 15 is 0 Å². The van der Waals surface area contributed by atoms with Gasteiger partial charge in [-0.25, -0.2) is 5.43 Å². The number of carbonyl (C=O) groups excluding carboxylic acids is 1. The third-order valence-corrected chi connectivity index (χ3v) is 3.17. The van der Waals surface area contributed by atoms with Gasteiger partial charge in [-0.3, -0.25) is 4.79 Å². The van der Waals surface area contributed by atoms with E-state index in [9.17, 15) is 4.79 Å². The second-order valence-corrected chi connectivity index (χ2v) is 5.17. The molecule has 118 valence electrons. The lowest BCUT2D eigenvalue weighted by atomic mass is 10.2. The lowest BCUT2D eigenvalue weighted by molar-refractivity contribution is -0.127. The lowest BCUT2D eigenvalue weighted by Crippen LogP contribution is -2.33. The van der Waals surface area contributed by atoms with Crippen molar-refractivity contribution >= 4 is 29.8 Å². The normalized spacial score (nSPS) is 12.4. The molecule has 0 radical (unpaired) electrons. The lowest BCUT2D eigenvalue weighted by Gasteiger charge is -2.12. The van der Waals surface area contributed by atoms with Crippen molar-refractivity contribution in [3.8, 4) is 5.75 Å². The summed E-state index contributed by atoms with van der Waals surface area (Å²) in [6.45, 7) is 1.65. The number of hydrogen-bond acceptors (Lipinski definition) is 3. The zero-order valence-electron chi connectivity index (χ0n) is 12.6. The van der Waals surface area contributed by atoms with Crippen molar-refractivity contribution in [1.29, 1.82) is 0 Å². The minimum absolute atomic E-state index is 0.329. The predicted molar refractivity (Wildman–Crippen MR) is 93.7 cm³/mol. The third-order valence-electron chi connectivity index (χ3n) is 2.92. The van der Waals surface area contributed by atoms with E-state index in [0.717, 1.165) is 5.56 Å². The van der Waals surface area contributed by atoms with Crippen LogP contribution in [0.1, 0.15) is 12.5 Å². The molecule has 0 aliphatic heterocycles. The van der Waals surface area contributed by atoms with Crippen molar-refractivity contribution in [3.05, 3.63) is 71.3 Å². The van der Waals surface area contributed by atoms with Gasteiger partial charge >= 0.3 is 0 Å². The van der Waals surface area contributed by atoms with E-state index in [2.05, 4.69) is 10.5 Å². The SMILES string of the molecule is C[C@H](Oc1ccc(Cl)cc1)C(=O)N/N=C/C=C/c1ccccc1. The number of benzene rings is 2. The average molecular weight is 329 g/mol. The van der Waals surface area contributed by atoms with E-state index in [1.807, 2.05) is 36.4 Å². The summed E-state index contributed by atoms with van der Waals surface area (Å²) in [6, 6.07) is 16.6. The van der Waals surface area contributed by atoms with Crippen LogP contribution in [0.15, 0.2) is 65.8 Å². The van der Waals surface area contributed by atoms with Crippen LogP contribution in [0.5, 0.6) is 5.75 Å². The summed E-state index contributed by atoms with van der Waals surface area (Å²) < 4.78 is 5.49. The van der Waals surface area contributed by atoms with Crippen molar-refractivity contribution in [2.75, 3.05) is 0 Å². The Hall–Kier alpha value is -2.59. The third kappa shape index (κ3) is 5.96. The van der Waals surface area contributed by atoms with Gasteiger partial charge in [0, 0.05) is 11.2 Å². The summed E-state index contributed by atoms with van der Waals surface area (Å²) in [5.74, 6) is 0.245. The van der Waals surface area contributed by atoms with Crippen molar-refractivity contribution < 1.29 is 9.53 Å². The van der Waals surface area contributed by atoms with E-state index in [1.165, 1.54) is 6.21 Å². The van der Waals surface area contributed by atoms with Crippen molar-refractivity contribution in [2.45, 2.75) is 13.0 Å². The number of allylic oxidation sites excluding steroid dienone is 1. The number of amides is 1. The van der Waals surface area contributed by atoms with E-state index in [-0.39, 0.29) is 5.91 Å². The molecule has 0 saturated carbocycles. The Bertz CT molecular complexity index is 682. The van der Waals surface area contributed by atoms with Gasteiger partial charge in [0.05, 0.1) is 0 Å². The summed E-state index contributed by atoms with van der Waals surface area (Å²) in [5, 5.41) is 4.47. The smallest absolute Gasteiger partial charge is 0.280 e. The molecule has 1 atom stereocenters. The fourth-order valence-electron chi connectivity index (χ4n) is 1.72. The van der Waals surface area contributed by atoms with Crippen LogP contribution in [-0.4, -0.2) is 18.2 Å². The number of hydrazone groups is 1. The first kappa shape index (κ1) is 16.8. The molecule has 5 heteroatoms. The van der Waals surface area contributed by atoms with Gasteiger partial charge in [-0.1, -0.05) is 48.0 Å². The van der Waals surface area contributed by atoms with Crippen molar-refractivity contribution in [1.82, 2.24) is 5.43 Å². The number of nitrogens with one attached hydrogen (secondary N) is 1. The topological polar surface area (TPSA) is 50.7 Å². The van der Waals surface area contributed by atoms with Gasteiger partial charge in [-0.2, -0.15) is 5.10 Å². The molecule has 2 aromatic rings. The molecule has 2 rings (SSSR count). The van der Waals surface area contributed by atoms with E-state index in [4.69, 9.17) is 16.3 Å². The Kier molecular flexibility index (Phi) is 6.39. The minimum atomic E-state index is -0.661. The molecule has 0 aliphatic carbocycles. The molecule has 0 bridgehead atoms. The standard InChI is InChI=1S/C18H17ClN2O2/c1-14(23-17-11-9-16(19)10-12-17)18(22)21-20-13-5-8-15-6-3-2-4-7-15/h2-14H,1H3,(H,21,22)/b8-5+,20-13+/t14-/m0/s1. The monoisotopic (exact) mass is 328 g/mol. The van der Waals surface area contributed by atoms with Crippen LogP contribution in [0.2, 0.25) is 5.02 Å². The Morgan fingerprint density at radius 1 is 1.17 bits per heavy atom. The maximum atomic E-state index is 11.8. The highest BCUT2D eigenvalue weighted by atomic mass is 35.5. The van der Waals surface area contributed by atoms with E-state index < -0.39 is 6.10 Å². The first-order chi connectivity index (χ1) is 11.1. The van der Waals surface area contributed by atoms with Crippen LogP contribution in [0.4, 0.5) is 0 Å². The van der Waals surface area contributed by atoms with Crippen molar-refractivity contribution in [2.24, 2.45) is 5.10 Å². The second kappa shape index (κ2) is 8.76. The molecule has 0 aromatic heterocycles. The first-order valence-electron chi connectivity index (χ1n) is 7.12. The molecule has 1 N–H and O–H groups in total. The highest BCUT2D eigenvalue weighted by Crippen LogP contribution is 2.16. The molecule has 0 spiro atoms. The number of halogens is 1. The van der Waals surface area contributed by atoms with Crippen LogP contribution >= 0.6 is 11.6 Å². The minimum Gasteiger partial charge on any atom is -0.481 e. The number of rotatable bonds is 6. The first-order valence-corrected chi connectivity index (χ1v) is 7.50. The molecule has 1 amide bonds. The highest BCUT2D eigenvalue weighted by Gasteiger charge is 2.13. The Balaban J connectivity index is 1.78. The van der Waals surface area contributed by atoms with Gasteiger partial charge in [0.1, 0.15) is 5.75 Å². The molecule has 0 heterocycles. The summed E-state index contributed by atoms with van der Waals surface area (Å²) >= 11 is 5.79. The van der Waals surface area contributed by atoms with Crippen LogP contribution in [-0.2, 0) is 4.79 Å². The zero-order valence-corrected chi connectivity index (χ0v) is 13.4. The number of ether oxygens (including phenoxy) is 1. The highest BCUT2D eigenvalue weighted by molar-refractivity contribution is 6.30. The van der Waals surface area contributed by atoms with Gasteiger partial charge in [-0.05, 0) is 42.8 Å². The Morgan fingerprint density at radius 3 is 2.57 bits per heavy atom. The van der Waals surface area contributed by atoms with E-state index in [1.54, 1.807) is 37.3 Å². The second-order valence-electron chi connectivity index (χ2n) is 4.74. The van der Waals surface area contributed by atoms with Crippen LogP contribution < -0.4 is 10.2 Å². The zero-order chi connectivity index (χ0) is 16.5. The maximum Gasteiger partial charge on any atom is 0.280 e. The fourth-order valence-corrected chi connectivity index (χ4v) is 1.85. The molecular weight excluding hydrogens is 312 g/mol. The summed E-state index contributed by atoms with van der Waals surface area (Å²) in [7, 11) is 0. The Morgan fingerprint density at radius 2 is 1.87 bits per heavy atom. The summed E-state index contributed by atoms with van der Waals surface area (Å²) in [5.41, 5.74) is 3.49. The van der Waals surface area contributed by atoms with Crippen molar-refractivity contribution in [3.63, 3.8) is 0 Å². The van der Waals surface area contributed by atoms with Gasteiger partial charge in [0.25, 0.3) is 5.91 Å². The average Bonchev–Trinajstić information content (AvgIpc) is 2.57. The number of carbonyl (C=O) groups is 1. The Labute approximate surface area is 140 Å². The largest absolute Gasteiger partial charge is 0.481 e. The van der Waals surface area contributed by atoms with Crippen LogP contribution in [0, 0.1) is 0 Å². The maximum absolute atomic E-state index is 11.8. The van der Waals surface area contributed by atoms with Gasteiger partial charge in [0.2, 0.25) is 0 Å². The molecule has 0 saturated heterocycles.